The molecule has 0 aliphatic heterocycles. The van der Waals surface area contributed by atoms with Gasteiger partial charge in [0.15, 0.2) is 0 Å². The Morgan fingerprint density at radius 2 is 1.38 bits per heavy atom. The molecule has 16 heavy (non-hydrogen) atoms. The van der Waals surface area contributed by atoms with Gasteiger partial charge in [-0.3, -0.25) is 4.21 Å². The van der Waals surface area contributed by atoms with Crippen LogP contribution in [0.4, 0.5) is 19.4 Å². The molecule has 1 aromatic carbocycles. The van der Waals surface area contributed by atoms with Crippen molar-refractivity contribution < 1.29 is 57.7 Å². The van der Waals surface area contributed by atoms with Crippen molar-refractivity contribution >= 4 is 21.3 Å². The van der Waals surface area contributed by atoms with Crippen LogP contribution in [0.15, 0.2) is 34.1 Å². The average molecular weight is 290 g/mol. The van der Waals surface area contributed by atoms with E-state index < -0.39 is 31.1 Å². The van der Waals surface area contributed by atoms with Crippen LogP contribution in [-0.2, 0) is 11.1 Å². The molecule has 0 bridgehead atoms. The first-order valence-corrected chi connectivity index (χ1v) is 6.36. The van der Waals surface area contributed by atoms with Gasteiger partial charge in [0, 0.05) is 4.90 Å². The van der Waals surface area contributed by atoms with Crippen molar-refractivity contribution in [3.63, 3.8) is 0 Å². The molecule has 2 nitrogen and oxygen atoms in total. The van der Waals surface area contributed by atoms with Crippen molar-refractivity contribution in [3.05, 3.63) is 24.3 Å². The molecule has 1 aromatic rings. The van der Waals surface area contributed by atoms with Gasteiger partial charge in [-0.05, 0) is 35.3 Å². The summed E-state index contributed by atoms with van der Waals surface area (Å²) in [7, 11) is -9.69. The summed E-state index contributed by atoms with van der Waals surface area (Å²) >= 11 is -2.74. The molecule has 0 aliphatic carbocycles. The zero-order valence-electron chi connectivity index (χ0n) is 7.83. The Balaban J connectivity index is 0.00000225. The third-order valence-corrected chi connectivity index (χ3v) is 3.28. The maximum Gasteiger partial charge on any atom is 1.00 e. The van der Waals surface area contributed by atoms with E-state index in [0.717, 1.165) is 0 Å². The average Bonchev–Trinajstić information content (AvgIpc) is 2.00. The maximum atomic E-state index is 12.1. The Morgan fingerprint density at radius 3 is 1.62 bits per heavy atom. The summed E-state index contributed by atoms with van der Waals surface area (Å²) in [6.45, 7) is 0. The Kier molecular flexibility index (Phi) is 4.00. The standard InChI is InChI=1S/C6H5F5O2S2.Na/c7-15(8,9,10,11)6-3-1-5(2-4-6)14(12)13;/h1-4H,(H,12,13);/q;+1/p-1. The van der Waals surface area contributed by atoms with Crippen LogP contribution in [0.1, 0.15) is 0 Å². The van der Waals surface area contributed by atoms with Gasteiger partial charge in [0.25, 0.3) is 0 Å². The van der Waals surface area contributed by atoms with E-state index in [2.05, 4.69) is 0 Å². The fraction of sp³-hybridized carbons (Fsp3) is 0. The summed E-state index contributed by atoms with van der Waals surface area (Å²) in [6.07, 6.45) is 0. The predicted molar refractivity (Wildman–Crippen MR) is 45.0 cm³/mol. The van der Waals surface area contributed by atoms with Crippen molar-refractivity contribution in [1.82, 2.24) is 0 Å². The van der Waals surface area contributed by atoms with Crippen molar-refractivity contribution in [3.8, 4) is 0 Å². The molecule has 0 radical (unpaired) electrons. The van der Waals surface area contributed by atoms with Crippen molar-refractivity contribution in [1.29, 1.82) is 0 Å². The molecule has 0 aromatic heterocycles. The van der Waals surface area contributed by atoms with Gasteiger partial charge in [-0.15, -0.1) is 0 Å². The van der Waals surface area contributed by atoms with Gasteiger partial charge < -0.3 is 4.55 Å². The summed E-state index contributed by atoms with van der Waals surface area (Å²) in [5.41, 5.74) is 0. The van der Waals surface area contributed by atoms with Gasteiger partial charge >= 0.3 is 39.8 Å². The smallest absolute Gasteiger partial charge is 0.768 e. The minimum atomic E-state index is -9.69. The number of hydrogen-bond donors (Lipinski definition) is 0. The number of benzene rings is 1. The van der Waals surface area contributed by atoms with Gasteiger partial charge in [-0.1, -0.05) is 19.4 Å². The normalized spacial score (nSPS) is 17.9. The molecule has 0 aliphatic rings. The largest absolute Gasteiger partial charge is 1.00 e. The van der Waals surface area contributed by atoms with E-state index in [0.29, 0.717) is 12.1 Å². The molecule has 88 valence electrons. The molecule has 0 saturated carbocycles. The molecule has 0 fully saturated rings. The van der Waals surface area contributed by atoms with Crippen LogP contribution in [0.3, 0.4) is 0 Å². The van der Waals surface area contributed by atoms with E-state index in [1.807, 2.05) is 0 Å². The fourth-order valence-electron chi connectivity index (χ4n) is 0.808. The maximum absolute atomic E-state index is 12.1. The molecule has 0 spiro atoms. The van der Waals surface area contributed by atoms with Crippen LogP contribution in [0.2, 0.25) is 0 Å². The van der Waals surface area contributed by atoms with Crippen LogP contribution >= 0.6 is 10.2 Å². The van der Waals surface area contributed by atoms with Crippen LogP contribution in [0.25, 0.3) is 0 Å². The second-order valence-corrected chi connectivity index (χ2v) is 6.03. The molecule has 10 heteroatoms. The van der Waals surface area contributed by atoms with Crippen LogP contribution in [0, 0.1) is 0 Å². The number of rotatable bonds is 2. The van der Waals surface area contributed by atoms with Crippen LogP contribution < -0.4 is 29.6 Å². The van der Waals surface area contributed by atoms with E-state index in [4.69, 9.17) is 0 Å². The zero-order chi connectivity index (χ0) is 12.0. The minimum Gasteiger partial charge on any atom is -0.768 e. The summed E-state index contributed by atoms with van der Waals surface area (Å²) in [4.78, 5) is -2.59. The first-order valence-electron chi connectivity index (χ1n) is 3.33. The predicted octanol–water partition coefficient (Wildman–Crippen LogP) is 0.586. The number of hydrogen-bond acceptors (Lipinski definition) is 2. The first kappa shape index (κ1) is 16.3. The van der Waals surface area contributed by atoms with E-state index in [9.17, 15) is 28.2 Å². The van der Waals surface area contributed by atoms with Crippen molar-refractivity contribution in [2.75, 3.05) is 0 Å². The van der Waals surface area contributed by atoms with Gasteiger partial charge in [0.1, 0.15) is 4.90 Å². The SMILES string of the molecule is O=S([O-])c1ccc(S(F)(F)(F)(F)F)cc1.[Na+]. The molecule has 1 unspecified atom stereocenters. The molecule has 1 rings (SSSR count). The Labute approximate surface area is 113 Å². The Bertz CT molecular complexity index is 414. The summed E-state index contributed by atoms with van der Waals surface area (Å²) in [5.74, 6) is 0. The van der Waals surface area contributed by atoms with E-state index in [1.165, 1.54) is 0 Å². The molecule has 0 amide bonds. The van der Waals surface area contributed by atoms with Crippen LogP contribution in [0.5, 0.6) is 0 Å². The van der Waals surface area contributed by atoms with Gasteiger partial charge in [0.2, 0.25) is 0 Å². The van der Waals surface area contributed by atoms with Crippen LogP contribution in [-0.4, -0.2) is 8.76 Å². The Morgan fingerprint density at radius 1 is 1.00 bits per heavy atom. The third kappa shape index (κ3) is 4.30. The second-order valence-electron chi connectivity index (χ2n) is 2.68. The Hall–Kier alpha value is 0.330. The molecular weight excluding hydrogens is 286 g/mol. The van der Waals surface area contributed by atoms with Gasteiger partial charge in [0.05, 0.1) is 0 Å². The molecule has 0 N–H and O–H groups in total. The molecule has 0 heterocycles. The van der Waals surface area contributed by atoms with E-state index in [-0.39, 0.29) is 41.7 Å². The monoisotopic (exact) mass is 290 g/mol. The van der Waals surface area contributed by atoms with Gasteiger partial charge in [-0.25, -0.2) is 0 Å². The van der Waals surface area contributed by atoms with E-state index >= 15 is 0 Å². The minimum absolute atomic E-state index is 0. The second kappa shape index (κ2) is 3.92. The van der Waals surface area contributed by atoms with Crippen molar-refractivity contribution in [2.24, 2.45) is 0 Å². The quantitative estimate of drug-likeness (QED) is 0.454. The molecular formula is C6H4F5NaO2S2. The molecule has 1 atom stereocenters. The summed E-state index contributed by atoms with van der Waals surface area (Å²) in [6, 6.07) is 1.03. The van der Waals surface area contributed by atoms with Crippen molar-refractivity contribution in [2.45, 2.75) is 9.79 Å². The van der Waals surface area contributed by atoms with Gasteiger partial charge in [-0.2, -0.15) is 0 Å². The third-order valence-electron chi connectivity index (χ3n) is 1.46. The fourth-order valence-corrected chi connectivity index (χ4v) is 1.82. The van der Waals surface area contributed by atoms with E-state index in [1.54, 1.807) is 0 Å². The summed E-state index contributed by atoms with van der Waals surface area (Å²) in [5, 5.41) is 0. The number of halogens is 5. The summed E-state index contributed by atoms with van der Waals surface area (Å²) < 4.78 is 81.2. The molecule has 0 saturated heterocycles. The zero-order valence-corrected chi connectivity index (χ0v) is 11.5. The topological polar surface area (TPSA) is 40.1 Å². The first-order chi connectivity index (χ1) is 6.40.